The predicted molar refractivity (Wildman–Crippen MR) is 137 cm³/mol. The lowest BCUT2D eigenvalue weighted by Gasteiger charge is -2.11. The van der Waals surface area contributed by atoms with Crippen LogP contribution in [-0.2, 0) is 6.54 Å². The molecule has 0 aliphatic carbocycles. The first-order valence-electron chi connectivity index (χ1n) is 11.3. The molecular weight excluding hydrogens is 477 g/mol. The minimum atomic E-state index is -0.533. The highest BCUT2D eigenvalue weighted by atomic mass is 19.1. The standard InChI is InChI=1S/C26H22FN7O3/c1-17-14-23(29-24(35)28-20-12-10-19(27)11-13-20)33(30-17)22-9-5-6-18(15-22)16-32-25(36)31-34(26(32)37)21-7-3-2-4-8-21/h2-15H,16H2,1H3,(H,31,36)(H2,28,29,35). The van der Waals surface area contributed by atoms with Crippen LogP contribution < -0.4 is 22.0 Å². The number of aromatic nitrogens is 5. The molecule has 2 heterocycles. The van der Waals surface area contributed by atoms with Crippen LogP contribution in [0.25, 0.3) is 11.4 Å². The van der Waals surface area contributed by atoms with Gasteiger partial charge in [0.25, 0.3) is 0 Å². The topological polar surface area (TPSA) is 119 Å². The van der Waals surface area contributed by atoms with E-state index in [1.165, 1.54) is 28.9 Å². The number of aryl methyl sites for hydroxylation is 1. The zero-order valence-corrected chi connectivity index (χ0v) is 19.7. The largest absolute Gasteiger partial charge is 0.352 e. The van der Waals surface area contributed by atoms with Gasteiger partial charge in [0.05, 0.1) is 23.6 Å². The van der Waals surface area contributed by atoms with Crippen LogP contribution in [0.2, 0.25) is 0 Å². The highest BCUT2D eigenvalue weighted by Gasteiger charge is 2.14. The maximum atomic E-state index is 13.1. The van der Waals surface area contributed by atoms with Crippen LogP contribution in [0.1, 0.15) is 11.3 Å². The maximum absolute atomic E-state index is 13.1. The number of rotatable bonds is 6. The molecule has 0 saturated carbocycles. The average molecular weight is 500 g/mol. The van der Waals surface area contributed by atoms with Gasteiger partial charge in [-0.3, -0.25) is 5.32 Å². The molecule has 0 spiro atoms. The number of halogens is 1. The van der Waals surface area contributed by atoms with Crippen LogP contribution in [0, 0.1) is 12.7 Å². The third-order valence-electron chi connectivity index (χ3n) is 5.56. The second kappa shape index (κ2) is 9.82. The number of nitrogens with zero attached hydrogens (tertiary/aromatic N) is 4. The van der Waals surface area contributed by atoms with Gasteiger partial charge in [-0.05, 0) is 61.0 Å². The molecule has 0 aliphatic rings. The van der Waals surface area contributed by atoms with Gasteiger partial charge in [-0.25, -0.2) is 37.8 Å². The highest BCUT2D eigenvalue weighted by Crippen LogP contribution is 2.19. The fourth-order valence-corrected chi connectivity index (χ4v) is 3.87. The number of hydrogen-bond acceptors (Lipinski definition) is 4. The lowest BCUT2D eigenvalue weighted by atomic mass is 10.2. The first kappa shape index (κ1) is 23.5. The number of carbonyl (C=O) groups excluding carboxylic acids is 1. The summed E-state index contributed by atoms with van der Waals surface area (Å²) in [6.07, 6.45) is 0. The van der Waals surface area contributed by atoms with Crippen molar-refractivity contribution in [3.05, 3.63) is 123 Å². The van der Waals surface area contributed by atoms with Crippen molar-refractivity contribution in [3.63, 3.8) is 0 Å². The molecule has 0 fully saturated rings. The van der Waals surface area contributed by atoms with Gasteiger partial charge in [0.15, 0.2) is 0 Å². The third-order valence-corrected chi connectivity index (χ3v) is 5.56. The van der Waals surface area contributed by atoms with Gasteiger partial charge < -0.3 is 5.32 Å². The number of benzene rings is 3. The summed E-state index contributed by atoms with van der Waals surface area (Å²) in [4.78, 5) is 38.0. The van der Waals surface area contributed by atoms with E-state index in [0.717, 1.165) is 4.57 Å². The Balaban J connectivity index is 1.39. The number of nitrogens with one attached hydrogen (secondary N) is 3. The number of H-pyrrole nitrogens is 1. The molecule has 5 aromatic rings. The van der Waals surface area contributed by atoms with Crippen molar-refractivity contribution in [1.29, 1.82) is 0 Å². The summed E-state index contributed by atoms with van der Waals surface area (Å²) in [7, 11) is 0. The van der Waals surface area contributed by atoms with Crippen molar-refractivity contribution in [2.75, 3.05) is 10.6 Å². The molecule has 37 heavy (non-hydrogen) atoms. The van der Waals surface area contributed by atoms with Crippen molar-refractivity contribution in [2.45, 2.75) is 13.5 Å². The van der Waals surface area contributed by atoms with Crippen LogP contribution in [0.5, 0.6) is 0 Å². The van der Waals surface area contributed by atoms with Crippen molar-refractivity contribution in [2.24, 2.45) is 0 Å². The molecule has 3 N–H and O–H groups in total. The lowest BCUT2D eigenvalue weighted by molar-refractivity contribution is 0.262. The summed E-state index contributed by atoms with van der Waals surface area (Å²) in [6, 6.07) is 22.5. The molecule has 0 atom stereocenters. The molecule has 10 nitrogen and oxygen atoms in total. The average Bonchev–Trinajstić information content (AvgIpc) is 3.39. The summed E-state index contributed by atoms with van der Waals surface area (Å²) >= 11 is 0. The molecule has 0 unspecified atom stereocenters. The van der Waals surface area contributed by atoms with E-state index in [-0.39, 0.29) is 6.54 Å². The Morgan fingerprint density at radius 1 is 0.919 bits per heavy atom. The van der Waals surface area contributed by atoms with Gasteiger partial charge in [-0.2, -0.15) is 5.10 Å². The van der Waals surface area contributed by atoms with Gasteiger partial charge in [0.1, 0.15) is 11.6 Å². The van der Waals surface area contributed by atoms with Gasteiger partial charge in [-0.1, -0.05) is 30.3 Å². The van der Waals surface area contributed by atoms with E-state index < -0.39 is 23.2 Å². The third kappa shape index (κ3) is 5.10. The fraction of sp³-hybridized carbons (Fsp3) is 0.0769. The minimum Gasteiger partial charge on any atom is -0.308 e. The van der Waals surface area contributed by atoms with E-state index in [4.69, 9.17) is 0 Å². The molecule has 0 aliphatic heterocycles. The maximum Gasteiger partial charge on any atom is 0.352 e. The van der Waals surface area contributed by atoms with E-state index in [2.05, 4.69) is 20.8 Å². The number of urea groups is 1. The van der Waals surface area contributed by atoms with Crippen molar-refractivity contribution in [1.82, 2.24) is 24.1 Å². The Bertz CT molecular complexity index is 1680. The molecule has 0 bridgehead atoms. The number of hydrogen-bond donors (Lipinski definition) is 3. The molecule has 0 radical (unpaired) electrons. The zero-order valence-electron chi connectivity index (χ0n) is 19.7. The second-order valence-electron chi connectivity index (χ2n) is 8.30. The van der Waals surface area contributed by atoms with E-state index in [0.29, 0.717) is 34.1 Å². The Kier molecular flexibility index (Phi) is 6.25. The normalized spacial score (nSPS) is 10.9. The van der Waals surface area contributed by atoms with E-state index in [1.807, 2.05) is 6.07 Å². The van der Waals surface area contributed by atoms with E-state index >= 15 is 0 Å². The number of carbonyl (C=O) groups is 1. The highest BCUT2D eigenvalue weighted by molar-refractivity contribution is 5.99. The van der Waals surface area contributed by atoms with Crippen LogP contribution in [0.15, 0.2) is 94.5 Å². The van der Waals surface area contributed by atoms with Crippen LogP contribution >= 0.6 is 0 Å². The molecular formula is C26H22FN7O3. The molecule has 3 aromatic carbocycles. The fourth-order valence-electron chi connectivity index (χ4n) is 3.87. The minimum absolute atomic E-state index is 0.0376. The molecule has 186 valence electrons. The Hall–Kier alpha value is -5.19. The van der Waals surface area contributed by atoms with Crippen molar-refractivity contribution >= 4 is 17.5 Å². The number of para-hydroxylation sites is 1. The zero-order chi connectivity index (χ0) is 25.9. The van der Waals surface area contributed by atoms with E-state index in [9.17, 15) is 18.8 Å². The van der Waals surface area contributed by atoms with Gasteiger partial charge in [0, 0.05) is 11.8 Å². The van der Waals surface area contributed by atoms with Crippen LogP contribution in [0.3, 0.4) is 0 Å². The van der Waals surface area contributed by atoms with E-state index in [1.54, 1.807) is 66.2 Å². The molecule has 2 amide bonds. The Morgan fingerprint density at radius 2 is 1.65 bits per heavy atom. The Morgan fingerprint density at radius 3 is 2.41 bits per heavy atom. The summed E-state index contributed by atoms with van der Waals surface area (Å²) < 4.78 is 17.0. The number of anilines is 2. The number of amides is 2. The smallest absolute Gasteiger partial charge is 0.308 e. The first-order chi connectivity index (χ1) is 17.9. The second-order valence-corrected chi connectivity index (χ2v) is 8.30. The SMILES string of the molecule is Cc1cc(NC(=O)Nc2ccc(F)cc2)n(-c2cccc(Cn3c(=O)[nH]n(-c4ccccc4)c3=O)c2)n1. The quantitative estimate of drug-likeness (QED) is 0.330. The predicted octanol–water partition coefficient (Wildman–Crippen LogP) is 3.65. The van der Waals surface area contributed by atoms with Gasteiger partial charge in [-0.15, -0.1) is 0 Å². The van der Waals surface area contributed by atoms with Gasteiger partial charge in [0.2, 0.25) is 0 Å². The lowest BCUT2D eigenvalue weighted by Crippen LogP contribution is -2.29. The van der Waals surface area contributed by atoms with Crippen LogP contribution in [0.4, 0.5) is 20.7 Å². The first-order valence-corrected chi connectivity index (χ1v) is 11.3. The van der Waals surface area contributed by atoms with Crippen molar-refractivity contribution < 1.29 is 9.18 Å². The molecule has 2 aromatic heterocycles. The van der Waals surface area contributed by atoms with Crippen LogP contribution in [-0.4, -0.2) is 30.2 Å². The summed E-state index contributed by atoms with van der Waals surface area (Å²) in [5, 5.41) is 12.4. The summed E-state index contributed by atoms with van der Waals surface area (Å²) in [5.41, 5.74) is 1.93. The molecule has 0 saturated heterocycles. The Labute approximate surface area is 209 Å². The van der Waals surface area contributed by atoms with Crippen molar-refractivity contribution in [3.8, 4) is 11.4 Å². The molecule has 11 heteroatoms. The van der Waals surface area contributed by atoms with Gasteiger partial charge >= 0.3 is 17.4 Å². The summed E-state index contributed by atoms with van der Waals surface area (Å²) in [5.74, 6) is -0.0000619. The summed E-state index contributed by atoms with van der Waals surface area (Å²) in [6.45, 7) is 1.82. The molecule has 5 rings (SSSR count). The number of aromatic amines is 1. The monoisotopic (exact) mass is 499 g/mol.